The van der Waals surface area contributed by atoms with Gasteiger partial charge in [0, 0.05) is 12.2 Å². The molecule has 4 rings (SSSR count). The molecule has 1 saturated heterocycles. The number of methoxy groups -OCH3 is 1. The van der Waals surface area contributed by atoms with Gasteiger partial charge in [0.2, 0.25) is 10.0 Å². The minimum absolute atomic E-state index is 0.0328. The molecule has 1 aliphatic heterocycles. The van der Waals surface area contributed by atoms with Crippen LogP contribution in [-0.2, 0) is 38.6 Å². The van der Waals surface area contributed by atoms with Gasteiger partial charge >= 0.3 is 12.3 Å². The highest BCUT2D eigenvalue weighted by molar-refractivity contribution is 7.89. The molecule has 1 aliphatic rings. The average Bonchev–Trinajstić information content (AvgIpc) is 3.41. The van der Waals surface area contributed by atoms with Crippen molar-refractivity contribution in [2.75, 3.05) is 25.1 Å². The number of cyclic esters (lactones) is 1. The molecule has 46 heavy (non-hydrogen) atoms. The Kier molecular flexibility index (Phi) is 11.0. The maximum Gasteiger partial charge on any atom is 0.416 e. The molecule has 0 bridgehead atoms. The lowest BCUT2D eigenvalue weighted by Crippen LogP contribution is -2.52. The molecule has 0 spiro atoms. The summed E-state index contributed by atoms with van der Waals surface area (Å²) in [5.74, 6) is -0.161. The van der Waals surface area contributed by atoms with E-state index in [9.17, 15) is 36.3 Å². The van der Waals surface area contributed by atoms with E-state index in [0.29, 0.717) is 17.7 Å². The van der Waals surface area contributed by atoms with E-state index in [1.807, 2.05) is 13.8 Å². The third kappa shape index (κ3) is 8.77. The second-order valence-electron chi connectivity index (χ2n) is 11.3. The molecule has 3 aromatic carbocycles. The van der Waals surface area contributed by atoms with Gasteiger partial charge in [0.05, 0.1) is 36.3 Å². The van der Waals surface area contributed by atoms with Gasteiger partial charge in [-0.2, -0.15) is 13.2 Å². The van der Waals surface area contributed by atoms with Crippen LogP contribution in [0.15, 0.2) is 77.7 Å². The number of rotatable bonds is 13. The first-order valence-corrected chi connectivity index (χ1v) is 16.0. The molecule has 0 unspecified atom stereocenters. The lowest BCUT2D eigenvalue weighted by Gasteiger charge is -2.26. The minimum Gasteiger partial charge on any atom is -0.497 e. The Labute approximate surface area is 265 Å². The highest BCUT2D eigenvalue weighted by Crippen LogP contribution is 2.33. The number of halogens is 3. The van der Waals surface area contributed by atoms with Crippen LogP contribution in [0.3, 0.4) is 0 Å². The normalized spacial score (nSPS) is 16.7. The second kappa shape index (κ2) is 14.5. The summed E-state index contributed by atoms with van der Waals surface area (Å²) in [6, 6.07) is 16.5. The number of hydrogen-bond donors (Lipinski definition) is 3. The third-order valence-electron chi connectivity index (χ3n) is 7.35. The van der Waals surface area contributed by atoms with E-state index in [1.165, 1.54) is 25.3 Å². The molecular formula is C32H36F3N3O7S. The van der Waals surface area contributed by atoms with Crippen molar-refractivity contribution in [2.45, 2.75) is 56.0 Å². The Morgan fingerprint density at radius 3 is 2.43 bits per heavy atom. The number of carbonyl (C=O) groups excluding carboxylic acids is 2. The van der Waals surface area contributed by atoms with Gasteiger partial charge in [0.15, 0.2) is 6.10 Å². The first-order chi connectivity index (χ1) is 21.7. The van der Waals surface area contributed by atoms with Crippen molar-refractivity contribution >= 4 is 27.7 Å². The average molecular weight is 664 g/mol. The van der Waals surface area contributed by atoms with Gasteiger partial charge in [0.1, 0.15) is 5.75 Å². The molecule has 0 aromatic heterocycles. The van der Waals surface area contributed by atoms with Gasteiger partial charge in [0.25, 0.3) is 5.91 Å². The molecular weight excluding hydrogens is 627 g/mol. The Hall–Kier alpha value is -4.14. The molecule has 0 saturated carbocycles. The van der Waals surface area contributed by atoms with E-state index in [1.54, 1.807) is 36.4 Å². The predicted octanol–water partition coefficient (Wildman–Crippen LogP) is 4.30. The van der Waals surface area contributed by atoms with Crippen LogP contribution in [0, 0.1) is 5.92 Å². The molecule has 1 heterocycles. The second-order valence-corrected chi connectivity index (χ2v) is 13.1. The topological polar surface area (TPSA) is 134 Å². The van der Waals surface area contributed by atoms with E-state index in [4.69, 9.17) is 9.47 Å². The summed E-state index contributed by atoms with van der Waals surface area (Å²) in [4.78, 5) is 26.8. The quantitative estimate of drug-likeness (QED) is 0.248. The molecule has 3 N–H and O–H groups in total. The van der Waals surface area contributed by atoms with Crippen LogP contribution < -0.4 is 19.7 Å². The summed E-state index contributed by atoms with van der Waals surface area (Å²) in [5, 5.41) is 13.8. The maximum absolute atomic E-state index is 13.4. The van der Waals surface area contributed by atoms with E-state index in [2.05, 4.69) is 10.0 Å². The van der Waals surface area contributed by atoms with Crippen molar-refractivity contribution in [1.82, 2.24) is 10.0 Å². The van der Waals surface area contributed by atoms with Crippen molar-refractivity contribution in [3.8, 4) is 5.75 Å². The Bertz CT molecular complexity index is 1640. The highest BCUT2D eigenvalue weighted by Gasteiger charge is 2.39. The van der Waals surface area contributed by atoms with Gasteiger partial charge in [-0.3, -0.25) is 9.69 Å². The number of nitrogens with zero attached hydrogens (tertiary/aromatic N) is 1. The Morgan fingerprint density at radius 1 is 1.07 bits per heavy atom. The molecule has 14 heteroatoms. The molecule has 10 nitrogen and oxygen atoms in total. The summed E-state index contributed by atoms with van der Waals surface area (Å²) >= 11 is 0. The number of alkyl halides is 3. The largest absolute Gasteiger partial charge is 0.497 e. The van der Waals surface area contributed by atoms with Crippen molar-refractivity contribution in [3.05, 3.63) is 89.5 Å². The minimum atomic E-state index is -4.64. The SMILES string of the molecule is COc1ccc(S(=O)(=O)NC[C@@H](O)[C@H](Cc2ccccc2)NC(=O)[C@@H]2CN(c3cccc(C(F)(F)F)c3)C(=O)O2)c(CC(C)C)c1. The summed E-state index contributed by atoms with van der Waals surface area (Å²) in [6.45, 7) is 3.06. The number of amides is 2. The number of aliphatic hydroxyl groups is 1. The number of hydrogen-bond acceptors (Lipinski definition) is 7. The van der Waals surface area contributed by atoms with Crippen LogP contribution in [0.4, 0.5) is 23.7 Å². The lowest BCUT2D eigenvalue weighted by atomic mass is 10.0. The van der Waals surface area contributed by atoms with E-state index in [-0.39, 0.29) is 29.5 Å². The first-order valence-electron chi connectivity index (χ1n) is 14.5. The number of aliphatic hydroxyl groups excluding tert-OH is 1. The highest BCUT2D eigenvalue weighted by atomic mass is 32.2. The van der Waals surface area contributed by atoms with Gasteiger partial charge in [-0.15, -0.1) is 0 Å². The zero-order valence-corrected chi connectivity index (χ0v) is 26.3. The third-order valence-corrected chi connectivity index (χ3v) is 8.87. The number of sulfonamides is 1. The summed E-state index contributed by atoms with van der Waals surface area (Å²) in [6.07, 6.45) is -7.93. The van der Waals surface area contributed by atoms with Crippen LogP contribution in [0.5, 0.6) is 5.75 Å². The summed E-state index contributed by atoms with van der Waals surface area (Å²) in [7, 11) is -2.62. The Morgan fingerprint density at radius 2 is 1.78 bits per heavy atom. The molecule has 3 atom stereocenters. The summed E-state index contributed by atoms with van der Waals surface area (Å²) in [5.41, 5.74) is 0.197. The zero-order chi connectivity index (χ0) is 33.6. The van der Waals surface area contributed by atoms with Crippen molar-refractivity contribution in [2.24, 2.45) is 5.92 Å². The number of ether oxygens (including phenoxy) is 2. The maximum atomic E-state index is 13.4. The van der Waals surface area contributed by atoms with Crippen LogP contribution in [0.2, 0.25) is 0 Å². The van der Waals surface area contributed by atoms with Crippen LogP contribution in [0.25, 0.3) is 0 Å². The number of benzene rings is 3. The van der Waals surface area contributed by atoms with E-state index < -0.39 is 58.6 Å². The van der Waals surface area contributed by atoms with Crippen LogP contribution in [0.1, 0.15) is 30.5 Å². The Balaban J connectivity index is 1.49. The van der Waals surface area contributed by atoms with Gasteiger partial charge in [-0.05, 0) is 66.3 Å². The monoisotopic (exact) mass is 663 g/mol. The molecule has 1 fully saturated rings. The van der Waals surface area contributed by atoms with Crippen LogP contribution >= 0.6 is 0 Å². The smallest absolute Gasteiger partial charge is 0.416 e. The molecule has 0 aliphatic carbocycles. The molecule has 0 radical (unpaired) electrons. The summed E-state index contributed by atoms with van der Waals surface area (Å²) < 4.78 is 79.2. The zero-order valence-electron chi connectivity index (χ0n) is 25.5. The van der Waals surface area contributed by atoms with Crippen molar-refractivity contribution in [1.29, 1.82) is 0 Å². The van der Waals surface area contributed by atoms with Gasteiger partial charge in [-0.1, -0.05) is 50.2 Å². The van der Waals surface area contributed by atoms with Gasteiger partial charge < -0.3 is 19.9 Å². The molecule has 248 valence electrons. The van der Waals surface area contributed by atoms with Crippen molar-refractivity contribution < 1.29 is 45.8 Å². The molecule has 3 aromatic rings. The number of anilines is 1. The van der Waals surface area contributed by atoms with Crippen LogP contribution in [-0.4, -0.2) is 64.0 Å². The fraction of sp³-hybridized carbons (Fsp3) is 0.375. The van der Waals surface area contributed by atoms with E-state index >= 15 is 0 Å². The van der Waals surface area contributed by atoms with Gasteiger partial charge in [-0.25, -0.2) is 17.9 Å². The fourth-order valence-electron chi connectivity index (χ4n) is 5.05. The standard InChI is InChI=1S/C32H36F3N3O7S/c1-20(2)14-22-16-25(44-3)12-13-29(22)46(42,43)36-18-27(39)26(15-21-8-5-4-6-9-21)37-30(40)28-19-38(31(41)45-28)24-11-7-10-23(17-24)32(33,34)35/h4-13,16-17,20,26-28,36,39H,14-15,18-19H2,1-3H3,(H,37,40)/t26-,27+,28-/m0/s1. The number of nitrogens with one attached hydrogen (secondary N) is 2. The predicted molar refractivity (Wildman–Crippen MR) is 164 cm³/mol. The fourth-order valence-corrected chi connectivity index (χ4v) is 6.33. The molecule has 2 amide bonds. The van der Waals surface area contributed by atoms with Crippen molar-refractivity contribution in [3.63, 3.8) is 0 Å². The number of carbonyl (C=O) groups is 2. The van der Waals surface area contributed by atoms with E-state index in [0.717, 1.165) is 28.7 Å². The lowest BCUT2D eigenvalue weighted by molar-refractivity contribution is -0.137. The first kappa shape index (κ1) is 34.7.